The molecule has 0 aliphatic heterocycles. The predicted octanol–water partition coefficient (Wildman–Crippen LogP) is 1.58. The van der Waals surface area contributed by atoms with Gasteiger partial charge < -0.3 is 5.11 Å². The lowest BCUT2D eigenvalue weighted by molar-refractivity contribution is -0.139. The van der Waals surface area contributed by atoms with Gasteiger partial charge in [-0.2, -0.15) is 0 Å². The number of rotatable bonds is 5. The van der Waals surface area contributed by atoms with Gasteiger partial charge in [0.15, 0.2) is 0 Å². The fourth-order valence-corrected chi connectivity index (χ4v) is 1.19. The number of nitrogens with zero attached hydrogens (tertiary/aromatic N) is 1. The van der Waals surface area contributed by atoms with Crippen LogP contribution >= 0.6 is 0 Å². The molecule has 3 nitrogen and oxygen atoms in total. The molecule has 0 rings (SSSR count). The van der Waals surface area contributed by atoms with Crippen LogP contribution in [0.4, 0.5) is 0 Å². The van der Waals surface area contributed by atoms with E-state index in [0.717, 1.165) is 13.0 Å². The van der Waals surface area contributed by atoms with E-state index in [2.05, 4.69) is 5.92 Å². The second kappa shape index (κ2) is 5.66. The van der Waals surface area contributed by atoms with Crippen LogP contribution in [0.3, 0.4) is 0 Å². The number of terminal acetylenes is 1. The van der Waals surface area contributed by atoms with Gasteiger partial charge in [-0.1, -0.05) is 0 Å². The van der Waals surface area contributed by atoms with E-state index >= 15 is 0 Å². The molecule has 0 saturated carbocycles. The molecular formula is C11H19NO2. The van der Waals surface area contributed by atoms with Crippen molar-refractivity contribution >= 4 is 5.97 Å². The van der Waals surface area contributed by atoms with E-state index in [1.165, 1.54) is 0 Å². The number of aliphatic carboxylic acids is 1. The van der Waals surface area contributed by atoms with Crippen LogP contribution in [0.15, 0.2) is 0 Å². The fraction of sp³-hybridized carbons (Fsp3) is 0.727. The van der Waals surface area contributed by atoms with Crippen LogP contribution in [0.5, 0.6) is 0 Å². The molecule has 0 aliphatic carbocycles. The summed E-state index contributed by atoms with van der Waals surface area (Å²) in [5.41, 5.74) is -0.118. The zero-order valence-electron chi connectivity index (χ0n) is 9.21. The van der Waals surface area contributed by atoms with Crippen LogP contribution in [0.25, 0.3) is 0 Å². The van der Waals surface area contributed by atoms with Crippen molar-refractivity contribution in [2.45, 2.75) is 39.2 Å². The van der Waals surface area contributed by atoms with Crippen LogP contribution in [0, 0.1) is 12.3 Å². The van der Waals surface area contributed by atoms with Gasteiger partial charge in [-0.15, -0.1) is 12.3 Å². The molecule has 0 atom stereocenters. The van der Waals surface area contributed by atoms with Crippen LogP contribution in [0.1, 0.15) is 33.6 Å². The number of carbonyl (C=O) groups is 1. The van der Waals surface area contributed by atoms with E-state index in [1.54, 1.807) is 0 Å². The summed E-state index contributed by atoms with van der Waals surface area (Å²) >= 11 is 0. The van der Waals surface area contributed by atoms with Crippen molar-refractivity contribution < 1.29 is 9.90 Å². The summed E-state index contributed by atoms with van der Waals surface area (Å²) in [6.07, 6.45) is 6.69. The van der Waals surface area contributed by atoms with Crippen molar-refractivity contribution in [1.29, 1.82) is 0 Å². The van der Waals surface area contributed by atoms with E-state index < -0.39 is 5.97 Å². The minimum absolute atomic E-state index is 0.0775. The van der Waals surface area contributed by atoms with Gasteiger partial charge in [-0.05, 0) is 27.2 Å². The van der Waals surface area contributed by atoms with Gasteiger partial charge in [0.05, 0.1) is 6.54 Å². The summed E-state index contributed by atoms with van der Waals surface area (Å²) < 4.78 is 0. The first-order chi connectivity index (χ1) is 6.38. The summed E-state index contributed by atoms with van der Waals surface area (Å²) in [6, 6.07) is 0. The molecule has 0 saturated heterocycles. The lowest BCUT2D eigenvalue weighted by Crippen LogP contribution is -2.44. The summed E-state index contributed by atoms with van der Waals surface area (Å²) in [5.74, 6) is 1.76. The van der Waals surface area contributed by atoms with Gasteiger partial charge in [0.1, 0.15) is 0 Å². The Balaban J connectivity index is 4.13. The van der Waals surface area contributed by atoms with Crippen LogP contribution in [0.2, 0.25) is 0 Å². The quantitative estimate of drug-likeness (QED) is 0.537. The van der Waals surface area contributed by atoms with Crippen molar-refractivity contribution in [3.05, 3.63) is 0 Å². The van der Waals surface area contributed by atoms with Crippen LogP contribution in [-0.4, -0.2) is 34.6 Å². The van der Waals surface area contributed by atoms with E-state index in [9.17, 15) is 4.79 Å². The normalized spacial score (nSPS) is 11.4. The first kappa shape index (κ1) is 13.0. The Morgan fingerprint density at radius 1 is 1.50 bits per heavy atom. The second-order valence-electron chi connectivity index (χ2n) is 4.29. The molecule has 0 fully saturated rings. The molecule has 80 valence electrons. The molecule has 0 heterocycles. The minimum atomic E-state index is -0.791. The Morgan fingerprint density at radius 3 is 2.43 bits per heavy atom. The topological polar surface area (TPSA) is 40.5 Å². The maximum absolute atomic E-state index is 10.6. The zero-order valence-corrected chi connectivity index (χ0v) is 9.21. The van der Waals surface area contributed by atoms with Gasteiger partial charge in [-0.25, -0.2) is 0 Å². The van der Waals surface area contributed by atoms with Crippen molar-refractivity contribution in [3.63, 3.8) is 0 Å². The molecule has 0 bridgehead atoms. The molecule has 0 aromatic heterocycles. The van der Waals surface area contributed by atoms with Gasteiger partial charge >= 0.3 is 5.97 Å². The molecule has 0 aliphatic rings. The molecule has 0 aromatic carbocycles. The van der Waals surface area contributed by atoms with E-state index in [0.29, 0.717) is 6.42 Å². The first-order valence-electron chi connectivity index (χ1n) is 4.78. The Hall–Kier alpha value is -1.01. The van der Waals surface area contributed by atoms with Gasteiger partial charge in [0.2, 0.25) is 0 Å². The number of hydrogen-bond donors (Lipinski definition) is 1. The molecule has 0 amide bonds. The van der Waals surface area contributed by atoms with Crippen molar-refractivity contribution in [3.8, 4) is 12.3 Å². The van der Waals surface area contributed by atoms with Crippen LogP contribution < -0.4 is 0 Å². The smallest absolute Gasteiger partial charge is 0.317 e. The maximum atomic E-state index is 10.6. The third-order valence-electron chi connectivity index (χ3n) is 2.02. The van der Waals surface area contributed by atoms with Crippen molar-refractivity contribution in [2.75, 3.05) is 13.1 Å². The minimum Gasteiger partial charge on any atom is -0.480 e. The van der Waals surface area contributed by atoms with E-state index in [-0.39, 0.29) is 12.1 Å². The van der Waals surface area contributed by atoms with Crippen molar-refractivity contribution in [2.24, 2.45) is 0 Å². The standard InChI is InChI=1S/C11H19NO2/c1-5-6-7-8-12(9-10(13)14)11(2,3)4/h1H,6-9H2,2-4H3,(H,13,14). The Bertz CT molecular complexity index is 222. The SMILES string of the molecule is C#CCCCN(CC(=O)O)C(C)(C)C. The fourth-order valence-electron chi connectivity index (χ4n) is 1.19. The summed E-state index contributed by atoms with van der Waals surface area (Å²) in [4.78, 5) is 12.5. The zero-order chi connectivity index (χ0) is 11.2. The number of unbranched alkanes of at least 4 members (excludes halogenated alkanes) is 1. The van der Waals surface area contributed by atoms with Gasteiger partial charge in [-0.3, -0.25) is 9.69 Å². The molecule has 14 heavy (non-hydrogen) atoms. The maximum Gasteiger partial charge on any atom is 0.317 e. The Labute approximate surface area is 86.1 Å². The second-order valence-corrected chi connectivity index (χ2v) is 4.29. The highest BCUT2D eigenvalue weighted by Gasteiger charge is 2.22. The number of carboxylic acid groups (broad SMARTS) is 1. The van der Waals surface area contributed by atoms with Crippen LogP contribution in [-0.2, 0) is 4.79 Å². The third kappa shape index (κ3) is 5.60. The summed E-state index contributed by atoms with van der Waals surface area (Å²) in [5, 5.41) is 8.72. The average molecular weight is 197 g/mol. The molecular weight excluding hydrogens is 178 g/mol. The van der Waals surface area contributed by atoms with Gasteiger partial charge in [0, 0.05) is 18.5 Å². The lowest BCUT2D eigenvalue weighted by atomic mass is 10.1. The summed E-state index contributed by atoms with van der Waals surface area (Å²) in [7, 11) is 0. The largest absolute Gasteiger partial charge is 0.480 e. The highest BCUT2D eigenvalue weighted by atomic mass is 16.4. The monoisotopic (exact) mass is 197 g/mol. The molecule has 0 radical (unpaired) electrons. The van der Waals surface area contributed by atoms with E-state index in [1.807, 2.05) is 25.7 Å². The van der Waals surface area contributed by atoms with E-state index in [4.69, 9.17) is 11.5 Å². The Kier molecular flexibility index (Phi) is 5.26. The highest BCUT2D eigenvalue weighted by Crippen LogP contribution is 2.13. The number of hydrogen-bond acceptors (Lipinski definition) is 2. The summed E-state index contributed by atoms with van der Waals surface area (Å²) in [6.45, 7) is 6.83. The average Bonchev–Trinajstić information content (AvgIpc) is 2.00. The molecule has 0 unspecified atom stereocenters. The molecule has 0 spiro atoms. The molecule has 0 aromatic rings. The lowest BCUT2D eigenvalue weighted by Gasteiger charge is -2.34. The first-order valence-corrected chi connectivity index (χ1v) is 4.78. The number of carboxylic acids is 1. The third-order valence-corrected chi connectivity index (χ3v) is 2.02. The molecule has 1 N–H and O–H groups in total. The van der Waals surface area contributed by atoms with Crippen molar-refractivity contribution in [1.82, 2.24) is 4.90 Å². The highest BCUT2D eigenvalue weighted by molar-refractivity contribution is 5.69. The predicted molar refractivity (Wildman–Crippen MR) is 57.0 cm³/mol. The Morgan fingerprint density at radius 2 is 2.07 bits per heavy atom. The molecule has 3 heteroatoms. The van der Waals surface area contributed by atoms with Gasteiger partial charge in [0.25, 0.3) is 0 Å².